The smallest absolute Gasteiger partial charge is 0.254 e. The van der Waals surface area contributed by atoms with Gasteiger partial charge in [-0.25, -0.2) is 0 Å². The molecule has 4 rings (SSSR count). The molecule has 1 aliphatic carbocycles. The number of fused-ring (bicyclic) bond motifs is 1. The van der Waals surface area contributed by atoms with Crippen molar-refractivity contribution in [1.29, 1.82) is 0 Å². The van der Waals surface area contributed by atoms with Crippen molar-refractivity contribution in [3.63, 3.8) is 0 Å². The van der Waals surface area contributed by atoms with Crippen molar-refractivity contribution < 1.29 is 13.9 Å². The molecule has 3 aromatic rings. The third-order valence-corrected chi connectivity index (χ3v) is 3.87. The van der Waals surface area contributed by atoms with Gasteiger partial charge in [0.2, 0.25) is 5.89 Å². The van der Waals surface area contributed by atoms with Gasteiger partial charge in [0.15, 0.2) is 12.4 Å². The standard InChI is InChI=1S/C18H14N2O3/c21-15-10-9-14-13(15)7-4-8-16(14)22-11-17-19-20-18(23-17)12-5-2-1-3-6-12/h1-8H,9-11H2. The number of ketones is 1. The van der Waals surface area contributed by atoms with E-state index in [4.69, 9.17) is 9.15 Å². The Morgan fingerprint density at radius 1 is 1.00 bits per heavy atom. The van der Waals surface area contributed by atoms with Gasteiger partial charge in [-0.05, 0) is 24.6 Å². The van der Waals surface area contributed by atoms with Crippen LogP contribution in [0.25, 0.3) is 11.5 Å². The quantitative estimate of drug-likeness (QED) is 0.738. The lowest BCUT2D eigenvalue weighted by atomic mass is 10.1. The number of ether oxygens (including phenoxy) is 1. The second kappa shape index (κ2) is 5.68. The topological polar surface area (TPSA) is 65.2 Å². The zero-order valence-corrected chi connectivity index (χ0v) is 12.4. The van der Waals surface area contributed by atoms with Crippen molar-refractivity contribution in [2.45, 2.75) is 19.4 Å². The fourth-order valence-electron chi connectivity index (χ4n) is 2.74. The molecule has 5 nitrogen and oxygen atoms in total. The Balaban J connectivity index is 1.51. The monoisotopic (exact) mass is 306 g/mol. The van der Waals surface area contributed by atoms with E-state index in [0.29, 0.717) is 24.0 Å². The second-order valence-electron chi connectivity index (χ2n) is 5.36. The van der Waals surface area contributed by atoms with Gasteiger partial charge in [0.05, 0.1) is 0 Å². The largest absolute Gasteiger partial charge is 0.483 e. The SMILES string of the molecule is O=C1CCc2c(OCc3nnc(-c4ccccc4)o3)cccc21. The summed E-state index contributed by atoms with van der Waals surface area (Å²) in [5, 5.41) is 8.04. The molecule has 0 saturated heterocycles. The zero-order chi connectivity index (χ0) is 15.6. The molecule has 0 fully saturated rings. The molecular weight excluding hydrogens is 292 g/mol. The summed E-state index contributed by atoms with van der Waals surface area (Å²) in [6.45, 7) is 0.185. The van der Waals surface area contributed by atoms with Gasteiger partial charge in [0, 0.05) is 23.1 Å². The number of Topliss-reactive ketones (excluding diaryl/α,β-unsaturated/α-hetero) is 1. The summed E-state index contributed by atoms with van der Waals surface area (Å²) in [7, 11) is 0. The molecule has 0 bridgehead atoms. The van der Waals surface area contributed by atoms with Crippen molar-refractivity contribution >= 4 is 5.78 Å². The van der Waals surface area contributed by atoms with Gasteiger partial charge in [0.1, 0.15) is 5.75 Å². The maximum absolute atomic E-state index is 11.8. The third kappa shape index (κ3) is 2.61. The van der Waals surface area contributed by atoms with Gasteiger partial charge < -0.3 is 9.15 Å². The lowest BCUT2D eigenvalue weighted by Crippen LogP contribution is -1.99. The average molecular weight is 306 g/mol. The van der Waals surface area contributed by atoms with Crippen LogP contribution in [0.2, 0.25) is 0 Å². The van der Waals surface area contributed by atoms with Crippen LogP contribution in [-0.2, 0) is 13.0 Å². The summed E-state index contributed by atoms with van der Waals surface area (Å²) in [6.07, 6.45) is 1.28. The van der Waals surface area contributed by atoms with Gasteiger partial charge >= 0.3 is 0 Å². The Hall–Kier alpha value is -2.95. The van der Waals surface area contributed by atoms with Crippen LogP contribution in [0.15, 0.2) is 52.9 Å². The first kappa shape index (κ1) is 13.7. The van der Waals surface area contributed by atoms with Crippen LogP contribution in [0.3, 0.4) is 0 Å². The van der Waals surface area contributed by atoms with Crippen molar-refractivity contribution in [2.75, 3.05) is 0 Å². The fraction of sp³-hybridized carbons (Fsp3) is 0.167. The lowest BCUT2D eigenvalue weighted by molar-refractivity contribution is 0.0994. The average Bonchev–Trinajstić information content (AvgIpc) is 3.22. The molecule has 1 aromatic heterocycles. The van der Waals surface area contributed by atoms with Gasteiger partial charge in [-0.2, -0.15) is 0 Å². The van der Waals surface area contributed by atoms with Crippen LogP contribution < -0.4 is 4.74 Å². The number of carbonyl (C=O) groups excluding carboxylic acids is 1. The first-order valence-corrected chi connectivity index (χ1v) is 7.47. The van der Waals surface area contributed by atoms with E-state index in [1.165, 1.54) is 0 Å². The fourth-order valence-corrected chi connectivity index (χ4v) is 2.74. The normalized spacial score (nSPS) is 13.1. The molecule has 23 heavy (non-hydrogen) atoms. The zero-order valence-electron chi connectivity index (χ0n) is 12.4. The van der Waals surface area contributed by atoms with E-state index in [2.05, 4.69) is 10.2 Å². The first-order chi connectivity index (χ1) is 11.3. The number of rotatable bonds is 4. The van der Waals surface area contributed by atoms with Crippen molar-refractivity contribution in [3.05, 3.63) is 65.5 Å². The van der Waals surface area contributed by atoms with E-state index in [0.717, 1.165) is 23.1 Å². The van der Waals surface area contributed by atoms with E-state index >= 15 is 0 Å². The molecular formula is C18H14N2O3. The van der Waals surface area contributed by atoms with Crippen LogP contribution in [0.5, 0.6) is 5.75 Å². The molecule has 2 aromatic carbocycles. The number of hydrogen-bond donors (Lipinski definition) is 0. The number of nitrogens with zero attached hydrogens (tertiary/aromatic N) is 2. The van der Waals surface area contributed by atoms with Gasteiger partial charge in [-0.15, -0.1) is 10.2 Å². The summed E-state index contributed by atoms with van der Waals surface area (Å²) in [5.74, 6) is 1.77. The summed E-state index contributed by atoms with van der Waals surface area (Å²) in [5.41, 5.74) is 2.61. The highest BCUT2D eigenvalue weighted by Crippen LogP contribution is 2.31. The molecule has 5 heteroatoms. The van der Waals surface area contributed by atoms with Crippen molar-refractivity contribution in [1.82, 2.24) is 10.2 Å². The van der Waals surface area contributed by atoms with Crippen LogP contribution in [0.1, 0.15) is 28.2 Å². The number of hydrogen-bond acceptors (Lipinski definition) is 5. The minimum Gasteiger partial charge on any atom is -0.483 e. The summed E-state index contributed by atoms with van der Waals surface area (Å²) >= 11 is 0. The molecule has 0 unspecified atom stereocenters. The maximum Gasteiger partial charge on any atom is 0.254 e. The van der Waals surface area contributed by atoms with E-state index in [1.54, 1.807) is 0 Å². The molecule has 0 amide bonds. The van der Waals surface area contributed by atoms with Crippen molar-refractivity contribution in [3.8, 4) is 17.2 Å². The Bertz CT molecular complexity index is 856. The first-order valence-electron chi connectivity index (χ1n) is 7.47. The minimum absolute atomic E-state index is 0.176. The molecule has 1 aliphatic rings. The Kier molecular flexibility index (Phi) is 3.38. The van der Waals surface area contributed by atoms with Gasteiger partial charge in [-0.3, -0.25) is 4.79 Å². The van der Waals surface area contributed by atoms with Gasteiger partial charge in [-0.1, -0.05) is 30.3 Å². The number of benzene rings is 2. The van der Waals surface area contributed by atoms with Crippen LogP contribution in [0.4, 0.5) is 0 Å². The highest BCUT2D eigenvalue weighted by atomic mass is 16.5. The molecule has 114 valence electrons. The Morgan fingerprint density at radius 3 is 2.74 bits per heavy atom. The molecule has 0 N–H and O–H groups in total. The van der Waals surface area contributed by atoms with Crippen LogP contribution in [-0.4, -0.2) is 16.0 Å². The molecule has 1 heterocycles. The number of aromatic nitrogens is 2. The van der Waals surface area contributed by atoms with E-state index in [1.807, 2.05) is 48.5 Å². The summed E-state index contributed by atoms with van der Waals surface area (Å²) < 4.78 is 11.4. The Morgan fingerprint density at radius 2 is 1.87 bits per heavy atom. The Labute approximate surface area is 132 Å². The van der Waals surface area contributed by atoms with Crippen LogP contribution in [0, 0.1) is 0 Å². The molecule has 0 radical (unpaired) electrons. The van der Waals surface area contributed by atoms with E-state index in [-0.39, 0.29) is 12.4 Å². The molecule has 0 spiro atoms. The van der Waals surface area contributed by atoms with Crippen molar-refractivity contribution in [2.24, 2.45) is 0 Å². The van der Waals surface area contributed by atoms with Crippen LogP contribution >= 0.6 is 0 Å². The number of carbonyl (C=O) groups is 1. The molecule has 0 aliphatic heterocycles. The summed E-state index contributed by atoms with van der Waals surface area (Å²) in [4.78, 5) is 11.8. The predicted octanol–water partition coefficient (Wildman–Crippen LogP) is 3.44. The molecule has 0 atom stereocenters. The summed E-state index contributed by atoms with van der Waals surface area (Å²) in [6, 6.07) is 15.1. The third-order valence-electron chi connectivity index (χ3n) is 3.87. The maximum atomic E-state index is 11.8. The lowest BCUT2D eigenvalue weighted by Gasteiger charge is -2.08. The molecule has 0 saturated carbocycles. The van der Waals surface area contributed by atoms with E-state index in [9.17, 15) is 4.79 Å². The van der Waals surface area contributed by atoms with E-state index < -0.39 is 0 Å². The van der Waals surface area contributed by atoms with Gasteiger partial charge in [0.25, 0.3) is 5.89 Å². The highest BCUT2D eigenvalue weighted by Gasteiger charge is 2.22. The predicted molar refractivity (Wildman–Crippen MR) is 83.2 cm³/mol. The second-order valence-corrected chi connectivity index (χ2v) is 5.36. The highest BCUT2D eigenvalue weighted by molar-refractivity contribution is 6.01. The minimum atomic E-state index is 0.176.